The third-order valence-electron chi connectivity index (χ3n) is 13.3. The molecule has 0 bridgehead atoms. The van der Waals surface area contributed by atoms with Crippen LogP contribution in [0.5, 0.6) is 0 Å². The molecule has 7 aromatic carbocycles. The zero-order valence-electron chi connectivity index (χ0n) is 43.5. The first-order valence-corrected chi connectivity index (χ1v) is 27.2. The van der Waals surface area contributed by atoms with Crippen LogP contribution in [0.15, 0.2) is 217 Å². The second-order valence-corrected chi connectivity index (χ2v) is 20.0. The standard InChI is InChI=1S/C64H68O12S/c1-46(65)72-60-57(69-40-49-28-14-5-15-29-49)54(43-67-38-47-24-10-3-11-25-47)75-64(62(60)73-56(52-34-20-8-21-35-52)45-77-53-36-22-9-23-37-53)76-58-55(44-68-39-48-26-12-4-13-27-48)74-63(66-2)61(71-42-51-32-18-7-19-33-51)59(58)70-41-50-30-16-6-17-31-50/h3-37,54-64H,38-45H2,1-2H3/t54-,55-,56-,57-,58-,59+,60+,61-,62-,63+,64-/m1/s1. The summed E-state index contributed by atoms with van der Waals surface area (Å²) in [7, 11) is 1.59. The maximum Gasteiger partial charge on any atom is 0.303 e. The Bertz CT molecular complexity index is 2730. The Morgan fingerprint density at radius 3 is 1.32 bits per heavy atom. The summed E-state index contributed by atoms with van der Waals surface area (Å²) in [5.74, 6) is -0.0506. The van der Waals surface area contributed by atoms with Gasteiger partial charge in [-0.25, -0.2) is 0 Å². The fraction of sp³-hybridized carbons (Fsp3) is 0.328. The van der Waals surface area contributed by atoms with Crippen molar-refractivity contribution in [2.75, 3.05) is 26.1 Å². The molecule has 0 spiro atoms. The third-order valence-corrected chi connectivity index (χ3v) is 14.4. The Kier molecular flexibility index (Phi) is 21.4. The van der Waals surface area contributed by atoms with E-state index < -0.39 is 73.5 Å². The van der Waals surface area contributed by atoms with Gasteiger partial charge in [0.1, 0.15) is 42.7 Å². The van der Waals surface area contributed by atoms with E-state index in [0.29, 0.717) is 12.4 Å². The van der Waals surface area contributed by atoms with E-state index in [1.165, 1.54) is 6.92 Å². The number of carbonyl (C=O) groups excluding carboxylic acids is 1. The predicted molar refractivity (Wildman–Crippen MR) is 293 cm³/mol. The number of benzene rings is 7. The van der Waals surface area contributed by atoms with Gasteiger partial charge in [0, 0.05) is 24.7 Å². The first-order chi connectivity index (χ1) is 38.0. The fourth-order valence-electron chi connectivity index (χ4n) is 9.48. The van der Waals surface area contributed by atoms with Gasteiger partial charge in [0.15, 0.2) is 18.7 Å². The quantitative estimate of drug-likeness (QED) is 0.0359. The van der Waals surface area contributed by atoms with Crippen LogP contribution >= 0.6 is 11.8 Å². The highest BCUT2D eigenvalue weighted by atomic mass is 32.2. The number of esters is 1. The lowest BCUT2D eigenvalue weighted by atomic mass is 9.95. The molecular weight excluding hydrogens is 993 g/mol. The van der Waals surface area contributed by atoms with Crippen LogP contribution < -0.4 is 0 Å². The van der Waals surface area contributed by atoms with Crippen molar-refractivity contribution < 1.29 is 56.9 Å². The van der Waals surface area contributed by atoms with E-state index >= 15 is 0 Å². The Hall–Kier alpha value is -6.04. The molecule has 2 aliphatic heterocycles. The highest BCUT2D eigenvalue weighted by Crippen LogP contribution is 2.39. The average molecular weight is 1060 g/mol. The molecule has 402 valence electrons. The predicted octanol–water partition coefficient (Wildman–Crippen LogP) is 11.5. The SMILES string of the molecule is CO[C@H]1O[C@H](COCc2ccccc2)[C@@H](O[C@H]2O[C@H](COCc3ccccc3)[C@@H](OCc3ccccc3)[C@H](OC(C)=O)[C@H]2O[C@H](CSc2ccccc2)c2ccccc2)[C@H](OCc2ccccc2)[C@H]1OCc1ccccc1. The summed E-state index contributed by atoms with van der Waals surface area (Å²) in [5, 5.41) is 0. The first kappa shape index (κ1) is 55.7. The molecule has 0 unspecified atom stereocenters. The molecular formula is C64H68O12S. The van der Waals surface area contributed by atoms with Gasteiger partial charge in [0.25, 0.3) is 0 Å². The van der Waals surface area contributed by atoms with Crippen LogP contribution in [0.3, 0.4) is 0 Å². The molecule has 0 N–H and O–H groups in total. The minimum absolute atomic E-state index is 0.0396. The van der Waals surface area contributed by atoms with Crippen LogP contribution in [-0.2, 0) is 89.9 Å². The molecule has 11 atom stereocenters. The Balaban J connectivity index is 1.14. The molecule has 0 saturated carbocycles. The van der Waals surface area contributed by atoms with Crippen molar-refractivity contribution in [3.05, 3.63) is 246 Å². The molecule has 2 heterocycles. The van der Waals surface area contributed by atoms with E-state index in [1.54, 1.807) is 18.9 Å². The van der Waals surface area contributed by atoms with Crippen molar-refractivity contribution in [3.63, 3.8) is 0 Å². The lowest BCUT2D eigenvalue weighted by Gasteiger charge is -2.50. The van der Waals surface area contributed by atoms with Gasteiger partial charge >= 0.3 is 5.97 Å². The molecule has 2 fully saturated rings. The molecule has 7 aromatic rings. The maximum absolute atomic E-state index is 13.7. The molecule has 9 rings (SSSR count). The van der Waals surface area contributed by atoms with Crippen LogP contribution in [0.1, 0.15) is 46.4 Å². The lowest BCUT2D eigenvalue weighted by molar-refractivity contribution is -0.375. The van der Waals surface area contributed by atoms with E-state index in [-0.39, 0.29) is 39.6 Å². The number of thioether (sulfide) groups is 1. The van der Waals surface area contributed by atoms with Crippen LogP contribution in [0.25, 0.3) is 0 Å². The van der Waals surface area contributed by atoms with Gasteiger partial charge in [-0.1, -0.05) is 200 Å². The monoisotopic (exact) mass is 1060 g/mol. The van der Waals surface area contributed by atoms with Crippen molar-refractivity contribution >= 4 is 17.7 Å². The van der Waals surface area contributed by atoms with Crippen LogP contribution in [0.4, 0.5) is 0 Å². The molecule has 2 saturated heterocycles. The zero-order valence-corrected chi connectivity index (χ0v) is 44.3. The van der Waals surface area contributed by atoms with E-state index in [2.05, 4.69) is 12.1 Å². The summed E-state index contributed by atoms with van der Waals surface area (Å²) in [4.78, 5) is 14.7. The highest BCUT2D eigenvalue weighted by molar-refractivity contribution is 7.99. The third kappa shape index (κ3) is 16.5. The summed E-state index contributed by atoms with van der Waals surface area (Å²) >= 11 is 1.65. The van der Waals surface area contributed by atoms with Gasteiger partial charge in [0.05, 0.1) is 52.4 Å². The second-order valence-electron chi connectivity index (χ2n) is 18.9. The zero-order chi connectivity index (χ0) is 52.9. The van der Waals surface area contributed by atoms with Crippen molar-refractivity contribution in [2.24, 2.45) is 0 Å². The number of rotatable bonds is 27. The maximum atomic E-state index is 13.7. The minimum atomic E-state index is -1.27. The van der Waals surface area contributed by atoms with E-state index in [1.807, 2.05) is 200 Å². The molecule has 0 aromatic heterocycles. The first-order valence-electron chi connectivity index (χ1n) is 26.2. The molecule has 0 aliphatic carbocycles. The molecule has 0 radical (unpaired) electrons. The molecule has 0 amide bonds. The minimum Gasteiger partial charge on any atom is -0.457 e. The van der Waals surface area contributed by atoms with Crippen LogP contribution in [-0.4, -0.2) is 93.5 Å². The normalized spacial score (nSPS) is 23.7. The smallest absolute Gasteiger partial charge is 0.303 e. The van der Waals surface area contributed by atoms with Gasteiger partial charge in [-0.05, 0) is 45.5 Å². The molecule has 77 heavy (non-hydrogen) atoms. The summed E-state index contributed by atoms with van der Waals surface area (Å²) < 4.78 is 75.6. The summed E-state index contributed by atoms with van der Waals surface area (Å²) in [6.45, 7) is 2.68. The lowest BCUT2D eigenvalue weighted by Crippen LogP contribution is -2.66. The van der Waals surface area contributed by atoms with Gasteiger partial charge in [-0.2, -0.15) is 0 Å². The Labute approximate surface area is 456 Å². The largest absolute Gasteiger partial charge is 0.457 e. The van der Waals surface area contributed by atoms with Crippen molar-refractivity contribution in [1.82, 2.24) is 0 Å². The summed E-state index contributed by atoms with van der Waals surface area (Å²) in [6, 6.07) is 69.7. The van der Waals surface area contributed by atoms with Crippen molar-refractivity contribution in [2.45, 2.75) is 112 Å². The summed E-state index contributed by atoms with van der Waals surface area (Å²) in [6.07, 6.45) is -10.2. The van der Waals surface area contributed by atoms with Gasteiger partial charge in [-0.3, -0.25) is 4.79 Å². The fourth-order valence-corrected chi connectivity index (χ4v) is 10.4. The van der Waals surface area contributed by atoms with E-state index in [4.69, 9.17) is 52.1 Å². The Morgan fingerprint density at radius 2 is 0.857 bits per heavy atom. The number of ether oxygens (including phenoxy) is 11. The molecule has 2 aliphatic rings. The molecule has 13 heteroatoms. The van der Waals surface area contributed by atoms with Gasteiger partial charge in [-0.15, -0.1) is 11.8 Å². The Morgan fingerprint density at radius 1 is 0.455 bits per heavy atom. The highest BCUT2D eigenvalue weighted by Gasteiger charge is 2.55. The average Bonchev–Trinajstić information content (AvgIpc) is 3.49. The van der Waals surface area contributed by atoms with Crippen LogP contribution in [0, 0.1) is 0 Å². The molecule has 12 nitrogen and oxygen atoms in total. The van der Waals surface area contributed by atoms with Crippen molar-refractivity contribution in [1.29, 1.82) is 0 Å². The van der Waals surface area contributed by atoms with Gasteiger partial charge in [0.2, 0.25) is 0 Å². The van der Waals surface area contributed by atoms with E-state index in [9.17, 15) is 4.79 Å². The number of carbonyl (C=O) groups is 1. The second kappa shape index (κ2) is 29.6. The number of methoxy groups -OCH3 is 1. The van der Waals surface area contributed by atoms with E-state index in [0.717, 1.165) is 38.3 Å². The number of hydrogen-bond acceptors (Lipinski definition) is 13. The number of hydrogen-bond donors (Lipinski definition) is 0. The topological polar surface area (TPSA) is 119 Å². The van der Waals surface area contributed by atoms with Crippen molar-refractivity contribution in [3.8, 4) is 0 Å². The summed E-state index contributed by atoms with van der Waals surface area (Å²) in [5.41, 5.74) is 5.66. The van der Waals surface area contributed by atoms with Gasteiger partial charge < -0.3 is 52.1 Å². The van der Waals surface area contributed by atoms with Crippen LogP contribution in [0.2, 0.25) is 0 Å².